The highest BCUT2D eigenvalue weighted by Crippen LogP contribution is 2.43. The number of anilines is 2. The van der Waals surface area contributed by atoms with Gasteiger partial charge in [0.05, 0.1) is 25.5 Å². The lowest BCUT2D eigenvalue weighted by molar-refractivity contribution is 0.122. The zero-order valence-electron chi connectivity index (χ0n) is 23.0. The second kappa shape index (κ2) is 11.3. The van der Waals surface area contributed by atoms with E-state index in [1.165, 1.54) is 0 Å². The van der Waals surface area contributed by atoms with Crippen molar-refractivity contribution in [3.8, 4) is 22.8 Å². The maximum atomic E-state index is 12.6. The molecule has 2 aromatic heterocycles. The highest BCUT2D eigenvalue weighted by atomic mass is 16.5. The summed E-state index contributed by atoms with van der Waals surface area (Å²) in [6, 6.07) is 18.6. The van der Waals surface area contributed by atoms with Gasteiger partial charge in [0.15, 0.2) is 0 Å². The van der Waals surface area contributed by atoms with Crippen LogP contribution < -0.4 is 20.5 Å². The zero-order chi connectivity index (χ0) is 27.6. The molecule has 7 rings (SSSR count). The first kappa shape index (κ1) is 25.7. The molecule has 0 atom stereocenters. The van der Waals surface area contributed by atoms with Gasteiger partial charge in [0.1, 0.15) is 17.3 Å². The summed E-state index contributed by atoms with van der Waals surface area (Å²) in [5, 5.41) is 3.75. The van der Waals surface area contributed by atoms with Crippen LogP contribution in [0, 0.1) is 0 Å². The summed E-state index contributed by atoms with van der Waals surface area (Å²) in [5.41, 5.74) is 5.86. The summed E-state index contributed by atoms with van der Waals surface area (Å²) in [6.45, 7) is 5.74. The Bertz CT molecular complexity index is 1580. The topological polar surface area (TPSA) is 95.6 Å². The van der Waals surface area contributed by atoms with Crippen LogP contribution in [0.25, 0.3) is 11.3 Å². The lowest BCUT2D eigenvalue weighted by atomic mass is 9.96. The van der Waals surface area contributed by atoms with E-state index in [0.29, 0.717) is 19.3 Å². The molecule has 0 radical (unpaired) electrons. The van der Waals surface area contributed by atoms with E-state index in [1.807, 2.05) is 24.3 Å². The molecule has 41 heavy (non-hydrogen) atoms. The van der Waals surface area contributed by atoms with Gasteiger partial charge in [-0.1, -0.05) is 12.1 Å². The number of rotatable bonds is 6. The minimum Gasteiger partial charge on any atom is -0.456 e. The van der Waals surface area contributed by atoms with Gasteiger partial charge in [-0.15, -0.1) is 0 Å². The maximum Gasteiger partial charge on any atom is 0.250 e. The molecule has 0 aliphatic carbocycles. The van der Waals surface area contributed by atoms with Crippen LogP contribution in [0.15, 0.2) is 71.8 Å². The highest BCUT2D eigenvalue weighted by Gasteiger charge is 2.24. The summed E-state index contributed by atoms with van der Waals surface area (Å²) < 4.78 is 12.0. The SMILES string of the molecule is O=c1cc(N2CCOCC2)cc(-c2cccc3c2Oc2ccc(NC4CCN(Cc5ncccn5)CC4)cc2C3)[nH]1. The number of aromatic nitrogens is 3. The van der Waals surface area contributed by atoms with E-state index in [9.17, 15) is 4.79 Å². The number of para-hydroxylation sites is 1. The number of morpholine rings is 1. The van der Waals surface area contributed by atoms with Crippen molar-refractivity contribution in [3.63, 3.8) is 0 Å². The lowest BCUT2D eigenvalue weighted by Crippen LogP contribution is -2.39. The van der Waals surface area contributed by atoms with E-state index < -0.39 is 0 Å². The van der Waals surface area contributed by atoms with Crippen LogP contribution in [-0.4, -0.2) is 65.3 Å². The van der Waals surface area contributed by atoms with Gasteiger partial charge >= 0.3 is 0 Å². The number of hydrogen-bond donors (Lipinski definition) is 2. The molecular formula is C32H34N6O3. The molecule has 9 nitrogen and oxygen atoms in total. The summed E-state index contributed by atoms with van der Waals surface area (Å²) in [4.78, 5) is 29.0. The van der Waals surface area contributed by atoms with Crippen molar-refractivity contribution < 1.29 is 9.47 Å². The van der Waals surface area contributed by atoms with Crippen LogP contribution >= 0.6 is 0 Å². The fourth-order valence-corrected chi connectivity index (χ4v) is 6.04. The molecule has 9 heteroatoms. The Balaban J connectivity index is 1.05. The fourth-order valence-electron chi connectivity index (χ4n) is 6.04. The molecule has 0 saturated carbocycles. The van der Waals surface area contributed by atoms with Gasteiger partial charge in [0.25, 0.3) is 0 Å². The molecule has 0 amide bonds. The quantitative estimate of drug-likeness (QED) is 0.320. The van der Waals surface area contributed by atoms with E-state index in [2.05, 4.69) is 54.3 Å². The van der Waals surface area contributed by atoms with Gasteiger partial charge in [0, 0.05) is 79.6 Å². The molecule has 3 aliphatic heterocycles. The number of nitrogens with one attached hydrogen (secondary N) is 2. The van der Waals surface area contributed by atoms with Crippen LogP contribution in [0.3, 0.4) is 0 Å². The summed E-state index contributed by atoms with van der Waals surface area (Å²) in [6.07, 6.45) is 6.54. The summed E-state index contributed by atoms with van der Waals surface area (Å²) in [7, 11) is 0. The lowest BCUT2D eigenvalue weighted by Gasteiger charge is -2.32. The van der Waals surface area contributed by atoms with Gasteiger partial charge < -0.3 is 24.7 Å². The molecule has 5 heterocycles. The number of likely N-dealkylation sites (tertiary alicyclic amines) is 1. The van der Waals surface area contributed by atoms with Crippen molar-refractivity contribution in [1.82, 2.24) is 19.9 Å². The maximum absolute atomic E-state index is 12.6. The zero-order valence-corrected chi connectivity index (χ0v) is 23.0. The van der Waals surface area contributed by atoms with Crippen LogP contribution in [0.5, 0.6) is 11.5 Å². The average molecular weight is 551 g/mol. The van der Waals surface area contributed by atoms with E-state index >= 15 is 0 Å². The first-order chi connectivity index (χ1) is 20.2. The van der Waals surface area contributed by atoms with Crippen LogP contribution in [0.2, 0.25) is 0 Å². The van der Waals surface area contributed by atoms with Gasteiger partial charge in [-0.25, -0.2) is 9.97 Å². The van der Waals surface area contributed by atoms with Crippen molar-refractivity contribution in [1.29, 1.82) is 0 Å². The van der Waals surface area contributed by atoms with Crippen LogP contribution in [0.4, 0.5) is 11.4 Å². The minimum absolute atomic E-state index is 0.118. The third kappa shape index (κ3) is 5.68. The van der Waals surface area contributed by atoms with E-state index in [-0.39, 0.29) is 5.56 Å². The summed E-state index contributed by atoms with van der Waals surface area (Å²) >= 11 is 0. The molecule has 2 saturated heterocycles. The predicted octanol–water partition coefficient (Wildman–Crippen LogP) is 4.44. The van der Waals surface area contributed by atoms with Crippen LogP contribution in [0.1, 0.15) is 29.8 Å². The Hall–Kier alpha value is -4.21. The molecule has 2 aromatic carbocycles. The standard InChI is InChI=1S/C32H34N6O3/c39-31-20-26(38-13-15-40-16-14-38)19-28(36-31)27-4-1-3-22-17-23-18-25(5-6-29(23)41-32(22)27)35-24-7-11-37(12-8-24)21-30-33-9-2-10-34-30/h1-6,9-10,18-20,24,35H,7-8,11-17,21H2,(H,36,39). The number of pyridine rings is 1. The minimum atomic E-state index is -0.118. The van der Waals surface area contributed by atoms with Crippen LogP contribution in [-0.2, 0) is 17.7 Å². The fraction of sp³-hybridized carbons (Fsp3) is 0.344. The largest absolute Gasteiger partial charge is 0.456 e. The summed E-state index contributed by atoms with van der Waals surface area (Å²) in [5.74, 6) is 2.55. The first-order valence-corrected chi connectivity index (χ1v) is 14.4. The highest BCUT2D eigenvalue weighted by molar-refractivity contribution is 5.74. The van der Waals surface area contributed by atoms with Crippen molar-refractivity contribution in [2.75, 3.05) is 49.6 Å². The molecule has 2 N–H and O–H groups in total. The third-order valence-electron chi connectivity index (χ3n) is 8.19. The Morgan fingerprint density at radius 2 is 1.76 bits per heavy atom. The van der Waals surface area contributed by atoms with Crippen molar-refractivity contribution in [3.05, 3.63) is 94.3 Å². The van der Waals surface area contributed by atoms with Crippen molar-refractivity contribution in [2.24, 2.45) is 0 Å². The number of piperidine rings is 1. The second-order valence-electron chi connectivity index (χ2n) is 11.0. The first-order valence-electron chi connectivity index (χ1n) is 14.4. The number of benzene rings is 2. The van der Waals surface area contributed by atoms with Gasteiger partial charge in [-0.05, 0) is 54.8 Å². The van der Waals surface area contributed by atoms with Gasteiger partial charge in [0.2, 0.25) is 5.56 Å². The monoisotopic (exact) mass is 550 g/mol. The molecule has 2 fully saturated rings. The van der Waals surface area contributed by atoms with Crippen molar-refractivity contribution >= 4 is 11.4 Å². The van der Waals surface area contributed by atoms with E-state index in [0.717, 1.165) is 103 Å². The number of hydrogen-bond acceptors (Lipinski definition) is 8. The molecule has 0 bridgehead atoms. The van der Waals surface area contributed by atoms with E-state index in [4.69, 9.17) is 9.47 Å². The Labute approximate surface area is 239 Å². The molecule has 4 aromatic rings. The molecule has 210 valence electrons. The van der Waals surface area contributed by atoms with E-state index in [1.54, 1.807) is 18.5 Å². The number of H-pyrrole nitrogens is 1. The molecule has 0 unspecified atom stereocenters. The number of fused-ring (bicyclic) bond motifs is 2. The Kier molecular flexibility index (Phi) is 7.12. The predicted molar refractivity (Wildman–Crippen MR) is 159 cm³/mol. The van der Waals surface area contributed by atoms with Crippen molar-refractivity contribution in [2.45, 2.75) is 31.8 Å². The Morgan fingerprint density at radius 1 is 0.927 bits per heavy atom. The van der Waals surface area contributed by atoms with Gasteiger partial charge in [-0.2, -0.15) is 0 Å². The Morgan fingerprint density at radius 3 is 2.59 bits per heavy atom. The number of aromatic amines is 1. The molecule has 0 spiro atoms. The smallest absolute Gasteiger partial charge is 0.250 e. The average Bonchev–Trinajstić information content (AvgIpc) is 3.01. The van der Waals surface area contributed by atoms with Gasteiger partial charge in [-0.3, -0.25) is 9.69 Å². The normalized spacial score (nSPS) is 17.4. The number of ether oxygens (including phenoxy) is 2. The number of nitrogens with zero attached hydrogens (tertiary/aromatic N) is 4. The molecule has 3 aliphatic rings. The molecular weight excluding hydrogens is 516 g/mol. The second-order valence-corrected chi connectivity index (χ2v) is 11.0. The third-order valence-corrected chi connectivity index (χ3v) is 8.19.